The fourth-order valence-corrected chi connectivity index (χ4v) is 2.87. The number of hydrogen-bond acceptors (Lipinski definition) is 3. The highest BCUT2D eigenvalue weighted by atomic mass is 19.1. The van der Waals surface area contributed by atoms with E-state index in [1.165, 1.54) is 12.1 Å². The second-order valence-electron chi connectivity index (χ2n) is 6.37. The van der Waals surface area contributed by atoms with Gasteiger partial charge in [-0.25, -0.2) is 4.39 Å². The van der Waals surface area contributed by atoms with E-state index in [0.29, 0.717) is 39.1 Å². The van der Waals surface area contributed by atoms with Crippen molar-refractivity contribution in [3.8, 4) is 0 Å². The van der Waals surface area contributed by atoms with Gasteiger partial charge in [-0.1, -0.05) is 19.1 Å². The summed E-state index contributed by atoms with van der Waals surface area (Å²) >= 11 is 0. The van der Waals surface area contributed by atoms with Crippen LogP contribution in [0.2, 0.25) is 0 Å². The van der Waals surface area contributed by atoms with Crippen LogP contribution in [0.1, 0.15) is 25.8 Å². The molecule has 1 aromatic carbocycles. The van der Waals surface area contributed by atoms with Gasteiger partial charge in [0, 0.05) is 19.5 Å². The van der Waals surface area contributed by atoms with Crippen LogP contribution < -0.4 is 5.32 Å². The number of carbonyl (C=O) groups is 2. The molecule has 2 atom stereocenters. The Morgan fingerprint density at radius 1 is 1.29 bits per heavy atom. The molecule has 24 heavy (non-hydrogen) atoms. The first-order valence-electron chi connectivity index (χ1n) is 8.36. The summed E-state index contributed by atoms with van der Waals surface area (Å²) in [7, 11) is 0. The van der Waals surface area contributed by atoms with Gasteiger partial charge in [0.25, 0.3) is 0 Å². The molecule has 132 valence electrons. The quantitative estimate of drug-likeness (QED) is 0.861. The van der Waals surface area contributed by atoms with E-state index < -0.39 is 6.04 Å². The molecule has 0 spiro atoms. The van der Waals surface area contributed by atoms with Gasteiger partial charge in [-0.05, 0) is 37.0 Å². The zero-order valence-electron chi connectivity index (χ0n) is 14.3. The largest absolute Gasteiger partial charge is 0.378 e. The van der Waals surface area contributed by atoms with Gasteiger partial charge in [-0.3, -0.25) is 9.59 Å². The minimum atomic E-state index is -0.544. The summed E-state index contributed by atoms with van der Waals surface area (Å²) in [6.07, 6.45) is 0.925. The average Bonchev–Trinajstić information content (AvgIpc) is 2.54. The number of halogens is 1. The topological polar surface area (TPSA) is 58.6 Å². The van der Waals surface area contributed by atoms with Gasteiger partial charge >= 0.3 is 0 Å². The third kappa shape index (κ3) is 5.60. The molecule has 1 saturated heterocycles. The Kier molecular flexibility index (Phi) is 6.73. The van der Waals surface area contributed by atoms with E-state index in [4.69, 9.17) is 4.74 Å². The van der Waals surface area contributed by atoms with Crippen molar-refractivity contribution in [1.29, 1.82) is 0 Å². The Labute approximate surface area is 142 Å². The number of amides is 2. The summed E-state index contributed by atoms with van der Waals surface area (Å²) in [5.41, 5.74) is 0.868. The average molecular weight is 336 g/mol. The summed E-state index contributed by atoms with van der Waals surface area (Å²) in [6, 6.07) is 5.86. The normalized spacial score (nSPS) is 17.2. The lowest BCUT2D eigenvalue weighted by atomic mass is 9.97. The molecular weight excluding hydrogens is 311 g/mol. The molecule has 0 bridgehead atoms. The molecule has 5 nitrogen and oxygen atoms in total. The number of hydrogen-bond donors (Lipinski definition) is 1. The minimum Gasteiger partial charge on any atom is -0.378 e. The molecular formula is C18H25FN2O3. The van der Waals surface area contributed by atoms with Crippen LogP contribution in [0, 0.1) is 11.7 Å². The molecule has 2 unspecified atom stereocenters. The molecule has 2 rings (SSSR count). The van der Waals surface area contributed by atoms with Gasteiger partial charge in [0.2, 0.25) is 11.8 Å². The van der Waals surface area contributed by atoms with Gasteiger partial charge in [0.1, 0.15) is 11.9 Å². The van der Waals surface area contributed by atoms with Gasteiger partial charge in [-0.2, -0.15) is 0 Å². The van der Waals surface area contributed by atoms with Crippen LogP contribution in [0.5, 0.6) is 0 Å². The van der Waals surface area contributed by atoms with Crippen LogP contribution in [0.25, 0.3) is 0 Å². The first-order chi connectivity index (χ1) is 11.5. The standard InChI is InChI=1S/C18H25FN2O3/c1-13(10-15-4-3-5-16(19)12-15)11-17(22)20-14(2)18(23)21-6-8-24-9-7-21/h3-5,12-14H,6-11H2,1-2H3,(H,20,22). The van der Waals surface area contributed by atoms with Crippen molar-refractivity contribution in [1.82, 2.24) is 10.2 Å². The maximum atomic E-state index is 13.2. The molecule has 0 saturated carbocycles. The van der Waals surface area contributed by atoms with Crippen LogP contribution >= 0.6 is 0 Å². The van der Waals surface area contributed by atoms with Crippen LogP contribution in [0.15, 0.2) is 24.3 Å². The fraction of sp³-hybridized carbons (Fsp3) is 0.556. The zero-order chi connectivity index (χ0) is 17.5. The molecule has 1 aromatic rings. The highest BCUT2D eigenvalue weighted by Crippen LogP contribution is 2.13. The van der Waals surface area contributed by atoms with E-state index in [2.05, 4.69) is 5.32 Å². The van der Waals surface area contributed by atoms with Gasteiger partial charge in [0.05, 0.1) is 13.2 Å². The number of benzene rings is 1. The van der Waals surface area contributed by atoms with E-state index in [1.54, 1.807) is 17.9 Å². The summed E-state index contributed by atoms with van der Waals surface area (Å²) in [5, 5.41) is 2.76. The SMILES string of the molecule is CC(CC(=O)NC(C)C(=O)N1CCOCC1)Cc1cccc(F)c1. The molecule has 1 aliphatic rings. The fourth-order valence-electron chi connectivity index (χ4n) is 2.87. The molecule has 1 heterocycles. The Balaban J connectivity index is 1.77. The van der Waals surface area contributed by atoms with Crippen molar-refractivity contribution in [2.45, 2.75) is 32.7 Å². The van der Waals surface area contributed by atoms with Crippen molar-refractivity contribution in [2.24, 2.45) is 5.92 Å². The molecule has 0 aliphatic carbocycles. The summed E-state index contributed by atoms with van der Waals surface area (Å²) in [4.78, 5) is 26.1. The van der Waals surface area contributed by atoms with Crippen LogP contribution in [0.4, 0.5) is 4.39 Å². The third-order valence-corrected chi connectivity index (χ3v) is 4.08. The lowest BCUT2D eigenvalue weighted by Gasteiger charge is -2.29. The number of morpholine rings is 1. The van der Waals surface area contributed by atoms with Gasteiger partial charge in [-0.15, -0.1) is 0 Å². The predicted octanol–water partition coefficient (Wildman–Crippen LogP) is 1.76. The third-order valence-electron chi connectivity index (χ3n) is 4.08. The lowest BCUT2D eigenvalue weighted by Crippen LogP contribution is -2.50. The maximum absolute atomic E-state index is 13.2. The predicted molar refractivity (Wildman–Crippen MR) is 88.9 cm³/mol. The van der Waals surface area contributed by atoms with Gasteiger partial charge < -0.3 is 15.0 Å². The highest BCUT2D eigenvalue weighted by Gasteiger charge is 2.24. The number of ether oxygens (including phenoxy) is 1. The number of nitrogens with one attached hydrogen (secondary N) is 1. The Morgan fingerprint density at radius 3 is 2.67 bits per heavy atom. The smallest absolute Gasteiger partial charge is 0.245 e. The lowest BCUT2D eigenvalue weighted by molar-refractivity contribution is -0.139. The van der Waals surface area contributed by atoms with Crippen molar-refractivity contribution in [3.63, 3.8) is 0 Å². The van der Waals surface area contributed by atoms with Crippen molar-refractivity contribution >= 4 is 11.8 Å². The molecule has 2 amide bonds. The van der Waals surface area contributed by atoms with E-state index in [0.717, 1.165) is 5.56 Å². The van der Waals surface area contributed by atoms with Crippen LogP contribution in [-0.2, 0) is 20.7 Å². The molecule has 1 N–H and O–H groups in total. The Morgan fingerprint density at radius 2 is 2.00 bits per heavy atom. The van der Waals surface area contributed by atoms with Crippen molar-refractivity contribution < 1.29 is 18.7 Å². The summed E-state index contributed by atoms with van der Waals surface area (Å²) in [5.74, 6) is -0.441. The number of carbonyl (C=O) groups excluding carboxylic acids is 2. The van der Waals surface area contributed by atoms with E-state index in [-0.39, 0.29) is 23.5 Å². The van der Waals surface area contributed by atoms with E-state index in [9.17, 15) is 14.0 Å². The van der Waals surface area contributed by atoms with E-state index >= 15 is 0 Å². The zero-order valence-corrected chi connectivity index (χ0v) is 14.3. The maximum Gasteiger partial charge on any atom is 0.245 e. The molecule has 0 radical (unpaired) electrons. The molecule has 1 fully saturated rings. The first kappa shape index (κ1) is 18.4. The molecule has 0 aromatic heterocycles. The number of nitrogens with zero attached hydrogens (tertiary/aromatic N) is 1. The molecule has 1 aliphatic heterocycles. The van der Waals surface area contributed by atoms with Gasteiger partial charge in [0.15, 0.2) is 0 Å². The van der Waals surface area contributed by atoms with Crippen LogP contribution in [0.3, 0.4) is 0 Å². The highest BCUT2D eigenvalue weighted by molar-refractivity contribution is 5.87. The molecule has 6 heteroatoms. The monoisotopic (exact) mass is 336 g/mol. The minimum absolute atomic E-state index is 0.0671. The van der Waals surface area contributed by atoms with Crippen molar-refractivity contribution in [3.05, 3.63) is 35.6 Å². The first-order valence-corrected chi connectivity index (χ1v) is 8.36. The Bertz CT molecular complexity index is 573. The Hall–Kier alpha value is -1.95. The second-order valence-corrected chi connectivity index (χ2v) is 6.37. The number of rotatable bonds is 6. The second kappa shape index (κ2) is 8.78. The summed E-state index contributed by atoms with van der Waals surface area (Å²) in [6.45, 7) is 5.85. The van der Waals surface area contributed by atoms with Crippen molar-refractivity contribution in [2.75, 3.05) is 26.3 Å². The van der Waals surface area contributed by atoms with E-state index in [1.807, 2.05) is 13.0 Å². The van der Waals surface area contributed by atoms with Crippen LogP contribution in [-0.4, -0.2) is 49.1 Å². The summed E-state index contributed by atoms with van der Waals surface area (Å²) < 4.78 is 18.4.